The van der Waals surface area contributed by atoms with E-state index in [0.717, 1.165) is 29.0 Å². The third-order valence-electron chi connectivity index (χ3n) is 4.49. The van der Waals surface area contributed by atoms with Crippen molar-refractivity contribution in [2.24, 2.45) is 11.3 Å². The van der Waals surface area contributed by atoms with Gasteiger partial charge in [-0.05, 0) is 61.6 Å². The van der Waals surface area contributed by atoms with Crippen LogP contribution in [0.5, 0.6) is 0 Å². The second-order valence-corrected chi connectivity index (χ2v) is 7.23. The summed E-state index contributed by atoms with van der Waals surface area (Å²) in [4.78, 5) is 24.3. The van der Waals surface area contributed by atoms with E-state index in [0.29, 0.717) is 10.3 Å². The average Bonchev–Trinajstić information content (AvgIpc) is 3.32. The number of thiophene rings is 1. The number of hydrogen-bond acceptors (Lipinski definition) is 3. The summed E-state index contributed by atoms with van der Waals surface area (Å²) in [6, 6.07) is 1.83. The first-order valence-corrected chi connectivity index (χ1v) is 8.11. The monoisotopic (exact) mass is 305 g/mol. The zero-order valence-corrected chi connectivity index (χ0v) is 12.8. The molecule has 0 bridgehead atoms. The fourth-order valence-corrected chi connectivity index (χ4v) is 3.84. The molecule has 112 valence electrons. The number of aliphatic carboxylic acids is 1. The highest BCUT2D eigenvalue weighted by Gasteiger charge is 2.53. The van der Waals surface area contributed by atoms with Crippen LogP contribution in [-0.2, 0) is 4.79 Å². The Hall–Kier alpha value is -1.62. The van der Waals surface area contributed by atoms with E-state index in [-0.39, 0.29) is 5.91 Å². The lowest BCUT2D eigenvalue weighted by Crippen LogP contribution is -2.30. The minimum atomic E-state index is -0.978. The minimum absolute atomic E-state index is 0.0370. The van der Waals surface area contributed by atoms with Gasteiger partial charge in [0.25, 0.3) is 5.91 Å². The number of carboxylic acids is 1. The number of rotatable bonds is 6. The van der Waals surface area contributed by atoms with E-state index in [4.69, 9.17) is 5.11 Å². The van der Waals surface area contributed by atoms with E-state index in [1.165, 1.54) is 37.0 Å². The third kappa shape index (κ3) is 3.18. The molecule has 0 spiro atoms. The smallest absolute Gasteiger partial charge is 0.328 e. The van der Waals surface area contributed by atoms with Gasteiger partial charge in [-0.2, -0.15) is 0 Å². The lowest BCUT2D eigenvalue weighted by molar-refractivity contribution is -0.131. The number of amides is 1. The van der Waals surface area contributed by atoms with Gasteiger partial charge in [0, 0.05) is 17.5 Å². The van der Waals surface area contributed by atoms with Gasteiger partial charge >= 0.3 is 5.97 Å². The molecular weight excluding hydrogens is 286 g/mol. The summed E-state index contributed by atoms with van der Waals surface area (Å²) in [5.41, 5.74) is 1.33. The Kier molecular flexibility index (Phi) is 3.61. The van der Waals surface area contributed by atoms with Gasteiger partial charge in [0.15, 0.2) is 0 Å². The Balaban J connectivity index is 1.62. The Morgan fingerprint density at radius 1 is 1.48 bits per heavy atom. The first-order chi connectivity index (χ1) is 10.00. The van der Waals surface area contributed by atoms with Crippen molar-refractivity contribution in [3.8, 4) is 0 Å². The lowest BCUT2D eigenvalue weighted by atomic mass is 10.0. The van der Waals surface area contributed by atoms with Crippen molar-refractivity contribution in [2.45, 2.75) is 32.6 Å². The Morgan fingerprint density at radius 2 is 2.19 bits per heavy atom. The maximum absolute atomic E-state index is 12.2. The molecule has 0 aliphatic heterocycles. The number of nitrogens with one attached hydrogen (secondary N) is 1. The predicted octanol–water partition coefficient (Wildman–Crippen LogP) is 3.07. The van der Waals surface area contributed by atoms with Crippen LogP contribution in [0, 0.1) is 18.3 Å². The maximum Gasteiger partial charge on any atom is 0.328 e. The Labute approximate surface area is 127 Å². The van der Waals surface area contributed by atoms with Crippen molar-refractivity contribution >= 4 is 29.3 Å². The Morgan fingerprint density at radius 3 is 2.76 bits per heavy atom. The summed E-state index contributed by atoms with van der Waals surface area (Å²) in [5, 5.41) is 11.7. The molecule has 1 heterocycles. The van der Waals surface area contributed by atoms with Gasteiger partial charge < -0.3 is 10.4 Å². The fraction of sp³-hybridized carbons (Fsp3) is 0.500. The van der Waals surface area contributed by atoms with E-state index in [9.17, 15) is 9.59 Å². The van der Waals surface area contributed by atoms with Crippen molar-refractivity contribution in [3.05, 3.63) is 27.5 Å². The van der Waals surface area contributed by atoms with Crippen LogP contribution in [0.25, 0.3) is 6.08 Å². The number of aryl methyl sites for hydroxylation is 1. The van der Waals surface area contributed by atoms with Crippen LogP contribution < -0.4 is 5.32 Å². The van der Waals surface area contributed by atoms with E-state index in [1.807, 2.05) is 13.0 Å². The first-order valence-electron chi connectivity index (χ1n) is 7.30. The molecule has 2 aliphatic carbocycles. The van der Waals surface area contributed by atoms with Crippen molar-refractivity contribution in [1.82, 2.24) is 5.32 Å². The molecule has 1 aromatic heterocycles. The van der Waals surface area contributed by atoms with Gasteiger partial charge in [-0.1, -0.05) is 0 Å². The number of carboxylic acid groups (broad SMARTS) is 1. The normalized spacial score (nSPS) is 19.7. The lowest BCUT2D eigenvalue weighted by Gasteiger charge is -2.14. The molecule has 4 nitrogen and oxygen atoms in total. The number of carbonyl (C=O) groups is 2. The van der Waals surface area contributed by atoms with Crippen LogP contribution in [0.1, 0.15) is 45.8 Å². The summed E-state index contributed by atoms with van der Waals surface area (Å²) in [6.45, 7) is 2.68. The summed E-state index contributed by atoms with van der Waals surface area (Å²) >= 11 is 1.34. The predicted molar refractivity (Wildman–Crippen MR) is 82.5 cm³/mol. The highest BCUT2D eigenvalue weighted by atomic mass is 32.1. The quantitative estimate of drug-likeness (QED) is 0.794. The van der Waals surface area contributed by atoms with E-state index in [2.05, 4.69) is 5.32 Å². The molecule has 1 aromatic rings. The van der Waals surface area contributed by atoms with Crippen LogP contribution in [-0.4, -0.2) is 23.5 Å². The molecule has 21 heavy (non-hydrogen) atoms. The molecule has 1 amide bonds. The van der Waals surface area contributed by atoms with E-state index >= 15 is 0 Å². The van der Waals surface area contributed by atoms with Crippen molar-refractivity contribution in [3.63, 3.8) is 0 Å². The van der Waals surface area contributed by atoms with Gasteiger partial charge in [0.2, 0.25) is 0 Å². The zero-order valence-electron chi connectivity index (χ0n) is 12.0. The maximum atomic E-state index is 12.2. The summed E-state index contributed by atoms with van der Waals surface area (Å²) in [7, 11) is 0. The van der Waals surface area contributed by atoms with E-state index < -0.39 is 5.97 Å². The van der Waals surface area contributed by atoms with Crippen molar-refractivity contribution in [1.29, 1.82) is 0 Å². The number of hydrogen-bond donors (Lipinski definition) is 2. The molecule has 0 aromatic carbocycles. The highest BCUT2D eigenvalue weighted by molar-refractivity contribution is 7.15. The second kappa shape index (κ2) is 5.30. The molecule has 2 fully saturated rings. The van der Waals surface area contributed by atoms with E-state index in [1.54, 1.807) is 6.08 Å². The summed E-state index contributed by atoms with van der Waals surface area (Å²) < 4.78 is 0. The zero-order chi connectivity index (χ0) is 15.0. The average molecular weight is 305 g/mol. The van der Waals surface area contributed by atoms with Gasteiger partial charge in [-0.15, -0.1) is 11.3 Å². The molecule has 0 unspecified atom stereocenters. The fourth-order valence-electron chi connectivity index (χ4n) is 2.85. The largest absolute Gasteiger partial charge is 0.478 e. The topological polar surface area (TPSA) is 66.4 Å². The van der Waals surface area contributed by atoms with Gasteiger partial charge in [0.05, 0.1) is 4.88 Å². The van der Waals surface area contributed by atoms with Crippen LogP contribution >= 0.6 is 11.3 Å². The molecule has 3 rings (SSSR count). The van der Waals surface area contributed by atoms with Gasteiger partial charge in [-0.25, -0.2) is 4.79 Å². The third-order valence-corrected chi connectivity index (χ3v) is 5.69. The van der Waals surface area contributed by atoms with Crippen molar-refractivity contribution in [2.75, 3.05) is 6.54 Å². The van der Waals surface area contributed by atoms with Crippen LogP contribution in [0.3, 0.4) is 0 Å². The number of carbonyl (C=O) groups excluding carboxylic acids is 1. The second-order valence-electron chi connectivity index (χ2n) is 6.15. The van der Waals surface area contributed by atoms with Crippen LogP contribution in [0.4, 0.5) is 0 Å². The SMILES string of the molecule is Cc1cc(C(=O)NCC2(C3CC3)CC2)sc1/C=C/C(=O)O. The van der Waals surface area contributed by atoms with Gasteiger partial charge in [-0.3, -0.25) is 4.79 Å². The molecule has 0 atom stereocenters. The minimum Gasteiger partial charge on any atom is -0.478 e. The summed E-state index contributed by atoms with van der Waals surface area (Å²) in [6.07, 6.45) is 7.77. The standard InChI is InChI=1S/C16H19NO3S/c1-10-8-13(21-12(10)4-5-14(18)19)15(20)17-9-16(6-7-16)11-2-3-11/h4-5,8,11H,2-3,6-7,9H2,1H3,(H,17,20)(H,18,19)/b5-4+. The highest BCUT2D eigenvalue weighted by Crippen LogP contribution is 2.60. The van der Waals surface area contributed by atoms with Crippen LogP contribution in [0.15, 0.2) is 12.1 Å². The molecule has 2 N–H and O–H groups in total. The summed E-state index contributed by atoms with van der Waals surface area (Å²) in [5.74, 6) is -0.184. The van der Waals surface area contributed by atoms with Crippen molar-refractivity contribution < 1.29 is 14.7 Å². The molecule has 0 radical (unpaired) electrons. The molecule has 2 saturated carbocycles. The molecule has 5 heteroatoms. The first kappa shape index (κ1) is 14.3. The molecule has 2 aliphatic rings. The molecule has 0 saturated heterocycles. The molecular formula is C16H19NO3S. The van der Waals surface area contributed by atoms with Gasteiger partial charge in [0.1, 0.15) is 0 Å². The Bertz CT molecular complexity index is 609. The van der Waals surface area contributed by atoms with Crippen LogP contribution in [0.2, 0.25) is 0 Å².